The van der Waals surface area contributed by atoms with Crippen molar-refractivity contribution in [2.24, 2.45) is 11.8 Å². The molecule has 0 aromatic heterocycles. The quantitative estimate of drug-likeness (QED) is 0.810. The molecule has 0 bridgehead atoms. The van der Waals surface area contributed by atoms with Crippen molar-refractivity contribution in [2.75, 3.05) is 5.32 Å². The van der Waals surface area contributed by atoms with Crippen LogP contribution in [0.5, 0.6) is 0 Å². The molecule has 0 spiro atoms. The molecule has 0 heterocycles. The van der Waals surface area contributed by atoms with E-state index in [4.69, 9.17) is 0 Å². The Morgan fingerprint density at radius 2 is 2.00 bits per heavy atom. The average molecular weight is 296 g/mol. The van der Waals surface area contributed by atoms with Gasteiger partial charge in [0.25, 0.3) is 0 Å². The van der Waals surface area contributed by atoms with Crippen LogP contribution in [-0.4, -0.2) is 6.04 Å². The van der Waals surface area contributed by atoms with E-state index in [0.717, 1.165) is 11.8 Å². The molecular formula is C15H22BrN. The fourth-order valence-corrected chi connectivity index (χ4v) is 3.01. The second-order valence-corrected chi connectivity index (χ2v) is 6.46. The Labute approximate surface area is 113 Å². The number of halogens is 1. The standard InChI is InChI=1S/C15H22BrN/c1-10-4-5-12(3)15(8-10)17-13-7-6-11(2)14(16)9-13/h6-7,9-10,12,15,17H,4-5,8H2,1-3H3. The van der Waals surface area contributed by atoms with Gasteiger partial charge in [-0.15, -0.1) is 0 Å². The summed E-state index contributed by atoms with van der Waals surface area (Å²) in [4.78, 5) is 0. The smallest absolute Gasteiger partial charge is 0.0353 e. The van der Waals surface area contributed by atoms with E-state index in [-0.39, 0.29) is 0 Å². The molecule has 0 radical (unpaired) electrons. The third kappa shape index (κ3) is 3.25. The minimum absolute atomic E-state index is 0.633. The van der Waals surface area contributed by atoms with Gasteiger partial charge in [0.15, 0.2) is 0 Å². The minimum atomic E-state index is 0.633. The highest BCUT2D eigenvalue weighted by Gasteiger charge is 2.25. The lowest BCUT2D eigenvalue weighted by molar-refractivity contribution is 0.280. The second-order valence-electron chi connectivity index (χ2n) is 5.61. The molecule has 1 aromatic rings. The molecule has 1 N–H and O–H groups in total. The summed E-state index contributed by atoms with van der Waals surface area (Å²) < 4.78 is 1.19. The molecule has 0 amide bonds. The molecule has 2 rings (SSSR count). The number of benzene rings is 1. The molecular weight excluding hydrogens is 274 g/mol. The summed E-state index contributed by atoms with van der Waals surface area (Å²) in [7, 11) is 0. The maximum atomic E-state index is 3.70. The normalized spacial score (nSPS) is 29.1. The van der Waals surface area contributed by atoms with Gasteiger partial charge in [0.1, 0.15) is 0 Å². The maximum absolute atomic E-state index is 3.70. The van der Waals surface area contributed by atoms with Gasteiger partial charge in [-0.2, -0.15) is 0 Å². The van der Waals surface area contributed by atoms with Crippen molar-refractivity contribution in [1.82, 2.24) is 0 Å². The average Bonchev–Trinajstić information content (AvgIpc) is 2.29. The molecule has 0 saturated heterocycles. The first-order valence-electron chi connectivity index (χ1n) is 6.59. The highest BCUT2D eigenvalue weighted by molar-refractivity contribution is 9.10. The van der Waals surface area contributed by atoms with E-state index in [1.165, 1.54) is 35.0 Å². The largest absolute Gasteiger partial charge is 0.382 e. The number of hydrogen-bond acceptors (Lipinski definition) is 1. The number of anilines is 1. The number of hydrogen-bond donors (Lipinski definition) is 1. The molecule has 1 fully saturated rings. The fourth-order valence-electron chi connectivity index (χ4n) is 2.63. The monoisotopic (exact) mass is 295 g/mol. The van der Waals surface area contributed by atoms with Gasteiger partial charge in [-0.25, -0.2) is 0 Å². The second kappa shape index (κ2) is 5.43. The van der Waals surface area contributed by atoms with Crippen LogP contribution < -0.4 is 5.32 Å². The summed E-state index contributed by atoms with van der Waals surface area (Å²) in [6, 6.07) is 7.19. The summed E-state index contributed by atoms with van der Waals surface area (Å²) in [5, 5.41) is 3.70. The van der Waals surface area contributed by atoms with E-state index in [0.29, 0.717) is 6.04 Å². The molecule has 3 atom stereocenters. The molecule has 2 heteroatoms. The Bertz CT molecular complexity index is 389. The van der Waals surface area contributed by atoms with Crippen LogP contribution in [0.15, 0.2) is 22.7 Å². The maximum Gasteiger partial charge on any atom is 0.0353 e. The summed E-state index contributed by atoms with van der Waals surface area (Å²) in [6.45, 7) is 6.86. The SMILES string of the molecule is Cc1ccc(NC2CC(C)CCC2C)cc1Br. The molecule has 3 unspecified atom stereocenters. The summed E-state index contributed by atoms with van der Waals surface area (Å²) in [5.41, 5.74) is 2.54. The predicted octanol–water partition coefficient (Wildman–Crippen LogP) is 4.99. The van der Waals surface area contributed by atoms with E-state index < -0.39 is 0 Å². The van der Waals surface area contributed by atoms with Gasteiger partial charge in [0.05, 0.1) is 0 Å². The molecule has 17 heavy (non-hydrogen) atoms. The molecule has 1 nitrogen and oxygen atoms in total. The van der Waals surface area contributed by atoms with Gasteiger partial charge in [0, 0.05) is 16.2 Å². The lowest BCUT2D eigenvalue weighted by Gasteiger charge is -2.34. The highest BCUT2D eigenvalue weighted by Crippen LogP contribution is 2.31. The molecule has 1 saturated carbocycles. The predicted molar refractivity (Wildman–Crippen MR) is 78.5 cm³/mol. The Morgan fingerprint density at radius 3 is 2.71 bits per heavy atom. The van der Waals surface area contributed by atoms with Crippen LogP contribution in [0, 0.1) is 18.8 Å². The first-order valence-corrected chi connectivity index (χ1v) is 7.38. The number of rotatable bonds is 2. The Kier molecular flexibility index (Phi) is 4.13. The zero-order valence-electron chi connectivity index (χ0n) is 11.0. The minimum Gasteiger partial charge on any atom is -0.382 e. The van der Waals surface area contributed by atoms with Gasteiger partial charge < -0.3 is 5.32 Å². The molecule has 1 aliphatic rings. The van der Waals surface area contributed by atoms with Crippen LogP contribution >= 0.6 is 15.9 Å². The van der Waals surface area contributed by atoms with Crippen molar-refractivity contribution in [2.45, 2.75) is 46.1 Å². The van der Waals surface area contributed by atoms with Gasteiger partial charge in [-0.05, 0) is 49.3 Å². The van der Waals surface area contributed by atoms with Crippen LogP contribution in [0.3, 0.4) is 0 Å². The van der Waals surface area contributed by atoms with Crippen LogP contribution in [0.4, 0.5) is 5.69 Å². The van der Waals surface area contributed by atoms with Gasteiger partial charge in [0.2, 0.25) is 0 Å². The zero-order chi connectivity index (χ0) is 12.4. The van der Waals surface area contributed by atoms with E-state index in [2.05, 4.69) is 60.2 Å². The highest BCUT2D eigenvalue weighted by atomic mass is 79.9. The topological polar surface area (TPSA) is 12.0 Å². The molecule has 94 valence electrons. The summed E-state index contributed by atoms with van der Waals surface area (Å²) in [5.74, 6) is 1.64. The third-order valence-corrected chi connectivity index (χ3v) is 4.84. The molecule has 1 aliphatic carbocycles. The number of nitrogens with one attached hydrogen (secondary N) is 1. The van der Waals surface area contributed by atoms with Gasteiger partial charge in [-0.3, -0.25) is 0 Å². The van der Waals surface area contributed by atoms with E-state index in [1.807, 2.05) is 0 Å². The van der Waals surface area contributed by atoms with E-state index in [1.54, 1.807) is 0 Å². The van der Waals surface area contributed by atoms with Crippen molar-refractivity contribution in [3.8, 4) is 0 Å². The Morgan fingerprint density at radius 1 is 1.24 bits per heavy atom. The van der Waals surface area contributed by atoms with Crippen molar-refractivity contribution in [1.29, 1.82) is 0 Å². The fraction of sp³-hybridized carbons (Fsp3) is 0.600. The van der Waals surface area contributed by atoms with Gasteiger partial charge in [-0.1, -0.05) is 42.3 Å². The Balaban J connectivity index is 2.06. The van der Waals surface area contributed by atoms with Crippen molar-refractivity contribution in [3.05, 3.63) is 28.2 Å². The molecule has 1 aromatic carbocycles. The number of aryl methyl sites for hydroxylation is 1. The first-order chi connectivity index (χ1) is 8.06. The van der Waals surface area contributed by atoms with Crippen LogP contribution in [-0.2, 0) is 0 Å². The van der Waals surface area contributed by atoms with E-state index >= 15 is 0 Å². The van der Waals surface area contributed by atoms with Crippen LogP contribution in [0.1, 0.15) is 38.7 Å². The van der Waals surface area contributed by atoms with Gasteiger partial charge >= 0.3 is 0 Å². The Hall–Kier alpha value is -0.500. The molecule has 0 aliphatic heterocycles. The first kappa shape index (κ1) is 12.9. The zero-order valence-corrected chi connectivity index (χ0v) is 12.5. The lowest BCUT2D eigenvalue weighted by Crippen LogP contribution is -2.33. The lowest BCUT2D eigenvalue weighted by atomic mass is 9.80. The van der Waals surface area contributed by atoms with Crippen molar-refractivity contribution < 1.29 is 0 Å². The van der Waals surface area contributed by atoms with Crippen molar-refractivity contribution >= 4 is 21.6 Å². The third-order valence-electron chi connectivity index (χ3n) is 3.98. The van der Waals surface area contributed by atoms with E-state index in [9.17, 15) is 0 Å². The summed E-state index contributed by atoms with van der Waals surface area (Å²) in [6.07, 6.45) is 4.04. The van der Waals surface area contributed by atoms with Crippen LogP contribution in [0.25, 0.3) is 0 Å². The van der Waals surface area contributed by atoms with Crippen LogP contribution in [0.2, 0.25) is 0 Å². The van der Waals surface area contributed by atoms with Crippen molar-refractivity contribution in [3.63, 3.8) is 0 Å². The summed E-state index contributed by atoms with van der Waals surface area (Å²) >= 11 is 3.60.